The van der Waals surface area contributed by atoms with Crippen LogP contribution >= 0.6 is 0 Å². The van der Waals surface area contributed by atoms with Crippen LogP contribution in [0, 0.1) is 6.92 Å². The molecule has 2 aromatic heterocycles. The lowest BCUT2D eigenvalue weighted by atomic mass is 10.1. The van der Waals surface area contributed by atoms with Crippen molar-refractivity contribution < 1.29 is 0 Å². The zero-order valence-corrected chi connectivity index (χ0v) is 12.9. The van der Waals surface area contributed by atoms with Crippen molar-refractivity contribution in [3.63, 3.8) is 0 Å². The number of hydrogen-bond donors (Lipinski definition) is 1. The Kier molecular flexibility index (Phi) is 2.97. The summed E-state index contributed by atoms with van der Waals surface area (Å²) in [6, 6.07) is 8.11. The Hall–Kier alpha value is -2.36. The molecule has 3 rings (SSSR count). The SMILES string of the molecule is Cc1ccc(-c2nc3cnccc3n2C(C)(C)C)cc1N. The molecule has 0 aliphatic heterocycles. The summed E-state index contributed by atoms with van der Waals surface area (Å²) in [5, 5.41) is 0. The van der Waals surface area contributed by atoms with Gasteiger partial charge in [-0.25, -0.2) is 4.98 Å². The molecule has 21 heavy (non-hydrogen) atoms. The maximum atomic E-state index is 6.06. The Morgan fingerprint density at radius 3 is 2.57 bits per heavy atom. The molecule has 2 N–H and O–H groups in total. The zero-order valence-electron chi connectivity index (χ0n) is 12.9. The Bertz CT molecular complexity index is 809. The fourth-order valence-electron chi connectivity index (χ4n) is 2.58. The molecule has 1 aromatic carbocycles. The summed E-state index contributed by atoms with van der Waals surface area (Å²) in [6.07, 6.45) is 3.61. The molecule has 0 fully saturated rings. The Labute approximate surface area is 124 Å². The van der Waals surface area contributed by atoms with Crippen molar-refractivity contribution >= 4 is 16.7 Å². The summed E-state index contributed by atoms with van der Waals surface area (Å²) in [5.74, 6) is 0.928. The summed E-state index contributed by atoms with van der Waals surface area (Å²) in [7, 11) is 0. The lowest BCUT2D eigenvalue weighted by Gasteiger charge is -2.24. The molecule has 3 aromatic rings. The van der Waals surface area contributed by atoms with Gasteiger partial charge in [-0.3, -0.25) is 4.98 Å². The van der Waals surface area contributed by atoms with Crippen LogP contribution in [0.3, 0.4) is 0 Å². The van der Waals surface area contributed by atoms with Crippen LogP contribution in [-0.2, 0) is 5.54 Å². The van der Waals surface area contributed by atoms with Gasteiger partial charge in [0.1, 0.15) is 11.3 Å². The van der Waals surface area contributed by atoms with Crippen molar-refractivity contribution in [2.45, 2.75) is 33.2 Å². The molecule has 0 aliphatic rings. The molecule has 0 unspecified atom stereocenters. The van der Waals surface area contributed by atoms with Gasteiger partial charge in [-0.2, -0.15) is 0 Å². The first-order valence-electron chi connectivity index (χ1n) is 7.07. The number of nitrogens with two attached hydrogens (primary N) is 1. The van der Waals surface area contributed by atoms with Crippen LogP contribution in [0.2, 0.25) is 0 Å². The minimum absolute atomic E-state index is 0.0783. The van der Waals surface area contributed by atoms with Crippen LogP contribution in [0.15, 0.2) is 36.7 Å². The van der Waals surface area contributed by atoms with Crippen LogP contribution < -0.4 is 5.73 Å². The van der Waals surface area contributed by atoms with Crippen LogP contribution in [0.4, 0.5) is 5.69 Å². The summed E-state index contributed by atoms with van der Waals surface area (Å²) >= 11 is 0. The highest BCUT2D eigenvalue weighted by Gasteiger charge is 2.22. The van der Waals surface area contributed by atoms with E-state index in [-0.39, 0.29) is 5.54 Å². The first-order chi connectivity index (χ1) is 9.88. The van der Waals surface area contributed by atoms with E-state index in [1.807, 2.05) is 25.1 Å². The zero-order chi connectivity index (χ0) is 15.2. The predicted octanol–water partition coefficient (Wildman–Crippen LogP) is 3.74. The molecule has 0 spiro atoms. The first-order valence-corrected chi connectivity index (χ1v) is 7.07. The maximum absolute atomic E-state index is 6.06. The first kappa shape index (κ1) is 13.6. The van der Waals surface area contributed by atoms with E-state index in [1.165, 1.54) is 0 Å². The van der Waals surface area contributed by atoms with Gasteiger partial charge >= 0.3 is 0 Å². The van der Waals surface area contributed by atoms with Gasteiger partial charge in [-0.1, -0.05) is 12.1 Å². The van der Waals surface area contributed by atoms with E-state index < -0.39 is 0 Å². The van der Waals surface area contributed by atoms with Crippen molar-refractivity contribution in [3.05, 3.63) is 42.2 Å². The number of benzene rings is 1. The predicted molar refractivity (Wildman–Crippen MR) is 87.1 cm³/mol. The Balaban J connectivity index is 2.33. The fraction of sp³-hybridized carbons (Fsp3) is 0.294. The molecule has 0 radical (unpaired) electrons. The molecular weight excluding hydrogens is 260 g/mol. The van der Waals surface area contributed by atoms with Crippen molar-refractivity contribution in [3.8, 4) is 11.4 Å². The number of anilines is 1. The van der Waals surface area contributed by atoms with Crippen LogP contribution in [0.25, 0.3) is 22.4 Å². The van der Waals surface area contributed by atoms with Crippen LogP contribution in [0.5, 0.6) is 0 Å². The minimum atomic E-state index is -0.0783. The lowest BCUT2D eigenvalue weighted by Crippen LogP contribution is -2.22. The third-order valence-electron chi connectivity index (χ3n) is 3.67. The number of aromatic nitrogens is 3. The van der Waals surface area contributed by atoms with Crippen molar-refractivity contribution in [1.29, 1.82) is 0 Å². The number of pyridine rings is 1. The van der Waals surface area contributed by atoms with Crippen molar-refractivity contribution in [2.75, 3.05) is 5.73 Å². The number of nitrogens with zero attached hydrogens (tertiary/aromatic N) is 3. The van der Waals surface area contributed by atoms with E-state index in [4.69, 9.17) is 10.7 Å². The van der Waals surface area contributed by atoms with Crippen LogP contribution in [0.1, 0.15) is 26.3 Å². The van der Waals surface area contributed by atoms with Gasteiger partial charge < -0.3 is 10.3 Å². The molecule has 0 saturated carbocycles. The fourth-order valence-corrected chi connectivity index (χ4v) is 2.58. The summed E-state index contributed by atoms with van der Waals surface area (Å²) < 4.78 is 2.24. The maximum Gasteiger partial charge on any atom is 0.141 e. The average molecular weight is 280 g/mol. The topological polar surface area (TPSA) is 56.7 Å². The normalized spacial score (nSPS) is 12.0. The van der Waals surface area contributed by atoms with Gasteiger partial charge in [-0.05, 0) is 45.4 Å². The third kappa shape index (κ3) is 2.27. The van der Waals surface area contributed by atoms with E-state index in [0.29, 0.717) is 0 Å². The largest absolute Gasteiger partial charge is 0.398 e. The number of imidazole rings is 1. The van der Waals surface area contributed by atoms with E-state index >= 15 is 0 Å². The smallest absolute Gasteiger partial charge is 0.141 e. The molecule has 4 nitrogen and oxygen atoms in total. The number of fused-ring (bicyclic) bond motifs is 1. The van der Waals surface area contributed by atoms with E-state index in [0.717, 1.165) is 33.7 Å². The third-order valence-corrected chi connectivity index (χ3v) is 3.67. The molecule has 2 heterocycles. The number of nitrogen functional groups attached to an aromatic ring is 1. The van der Waals surface area contributed by atoms with Gasteiger partial charge in [0.25, 0.3) is 0 Å². The molecule has 0 bridgehead atoms. The van der Waals surface area contributed by atoms with Crippen LogP contribution in [-0.4, -0.2) is 14.5 Å². The Morgan fingerprint density at radius 1 is 1.14 bits per heavy atom. The number of rotatable bonds is 1. The molecule has 0 atom stereocenters. The van der Waals surface area contributed by atoms with Gasteiger partial charge in [-0.15, -0.1) is 0 Å². The standard InChI is InChI=1S/C17H20N4/c1-11-5-6-12(9-13(11)18)16-20-14-10-19-8-7-15(14)21(16)17(2,3)4/h5-10H,18H2,1-4H3. The van der Waals surface area contributed by atoms with Crippen molar-refractivity contribution in [2.24, 2.45) is 0 Å². The summed E-state index contributed by atoms with van der Waals surface area (Å²) in [6.45, 7) is 8.54. The quantitative estimate of drug-likeness (QED) is 0.691. The highest BCUT2D eigenvalue weighted by atomic mass is 15.1. The summed E-state index contributed by atoms with van der Waals surface area (Å²) in [5.41, 5.74) is 10.9. The molecule has 0 aliphatic carbocycles. The van der Waals surface area contributed by atoms with Gasteiger partial charge in [0.05, 0.1) is 11.7 Å². The Morgan fingerprint density at radius 2 is 1.90 bits per heavy atom. The molecular formula is C17H20N4. The average Bonchev–Trinajstić information content (AvgIpc) is 2.81. The highest BCUT2D eigenvalue weighted by molar-refractivity contribution is 5.81. The van der Waals surface area contributed by atoms with E-state index in [9.17, 15) is 0 Å². The van der Waals surface area contributed by atoms with Gasteiger partial charge in [0.15, 0.2) is 0 Å². The number of aryl methyl sites for hydroxylation is 1. The van der Waals surface area contributed by atoms with E-state index in [2.05, 4.69) is 36.4 Å². The second kappa shape index (κ2) is 4.58. The summed E-state index contributed by atoms with van der Waals surface area (Å²) in [4.78, 5) is 8.94. The van der Waals surface area contributed by atoms with Crippen molar-refractivity contribution in [1.82, 2.24) is 14.5 Å². The monoisotopic (exact) mass is 280 g/mol. The molecule has 0 saturated heterocycles. The molecule has 4 heteroatoms. The van der Waals surface area contributed by atoms with Gasteiger partial charge in [0.2, 0.25) is 0 Å². The second-order valence-electron chi connectivity index (χ2n) is 6.38. The second-order valence-corrected chi connectivity index (χ2v) is 6.38. The number of hydrogen-bond acceptors (Lipinski definition) is 3. The molecule has 0 amide bonds. The highest BCUT2D eigenvalue weighted by Crippen LogP contribution is 2.32. The minimum Gasteiger partial charge on any atom is -0.398 e. The molecule has 108 valence electrons. The lowest BCUT2D eigenvalue weighted by molar-refractivity contribution is 0.413. The van der Waals surface area contributed by atoms with Gasteiger partial charge in [0, 0.05) is 23.0 Å². The van der Waals surface area contributed by atoms with E-state index in [1.54, 1.807) is 12.4 Å².